The minimum atomic E-state index is -2.86. The fourth-order valence-corrected chi connectivity index (χ4v) is 4.26. The molecule has 2 aliphatic heterocycles. The maximum Gasteiger partial charge on any atom is 0.387 e. The van der Waals surface area contributed by atoms with Gasteiger partial charge in [-0.25, -0.2) is 0 Å². The lowest BCUT2D eigenvalue weighted by atomic mass is 9.81. The predicted octanol–water partition coefficient (Wildman–Crippen LogP) is 4.68. The monoisotopic (exact) mass is 470 g/mol. The Balaban J connectivity index is 1.37. The highest BCUT2D eigenvalue weighted by Gasteiger charge is 2.36. The third-order valence-electron chi connectivity index (χ3n) is 6.23. The first-order valence-electron chi connectivity index (χ1n) is 11.2. The molecule has 8 heteroatoms. The number of ether oxygens (including phenoxy) is 2. The number of alkyl halides is 2. The molecule has 1 saturated heterocycles. The van der Waals surface area contributed by atoms with E-state index >= 15 is 0 Å². The molecule has 2 heterocycles. The molecule has 1 unspecified atom stereocenters. The Morgan fingerprint density at radius 1 is 1.18 bits per heavy atom. The van der Waals surface area contributed by atoms with Crippen molar-refractivity contribution in [2.24, 2.45) is 0 Å². The van der Waals surface area contributed by atoms with Crippen molar-refractivity contribution in [3.05, 3.63) is 77.4 Å². The molecule has 0 aromatic heterocycles. The highest BCUT2D eigenvalue weighted by molar-refractivity contribution is 5.69. The van der Waals surface area contributed by atoms with Gasteiger partial charge in [0.25, 0.3) is 0 Å². The van der Waals surface area contributed by atoms with Crippen LogP contribution in [-0.4, -0.2) is 47.8 Å². The summed E-state index contributed by atoms with van der Waals surface area (Å²) in [6.45, 7) is 1.73. The molecule has 0 spiro atoms. The molecule has 0 amide bonds. The van der Waals surface area contributed by atoms with Crippen LogP contribution in [0.2, 0.25) is 0 Å². The largest absolute Gasteiger partial charge is 0.489 e. The van der Waals surface area contributed by atoms with Crippen LogP contribution < -0.4 is 14.8 Å². The number of piperidine rings is 1. The maximum atomic E-state index is 12.4. The molecule has 0 saturated carbocycles. The molecule has 180 valence electrons. The number of dihydropyridines is 1. The number of carboxylic acid groups (broad SMARTS) is 1. The fourth-order valence-electron chi connectivity index (χ4n) is 4.26. The molecule has 4 rings (SSSR count). The quantitative estimate of drug-likeness (QED) is 0.555. The van der Waals surface area contributed by atoms with E-state index in [1.54, 1.807) is 12.1 Å². The van der Waals surface area contributed by atoms with Crippen LogP contribution >= 0.6 is 0 Å². The summed E-state index contributed by atoms with van der Waals surface area (Å²) in [6.07, 6.45) is 5.24. The maximum absolute atomic E-state index is 12.4. The highest BCUT2D eigenvalue weighted by Crippen LogP contribution is 2.34. The summed E-state index contributed by atoms with van der Waals surface area (Å²) in [5, 5.41) is 12.6. The van der Waals surface area contributed by atoms with Crippen LogP contribution in [0.25, 0.3) is 5.70 Å². The lowest BCUT2D eigenvalue weighted by Gasteiger charge is -2.45. The van der Waals surface area contributed by atoms with Gasteiger partial charge < -0.3 is 19.9 Å². The zero-order chi connectivity index (χ0) is 24.1. The molecular formula is C26H28F2N2O4. The van der Waals surface area contributed by atoms with Gasteiger partial charge in [0, 0.05) is 25.3 Å². The molecule has 0 aliphatic carbocycles. The number of rotatable bonds is 9. The van der Waals surface area contributed by atoms with E-state index < -0.39 is 12.6 Å². The number of hydrogen-bond donors (Lipinski definition) is 2. The third-order valence-corrected chi connectivity index (χ3v) is 6.23. The molecular weight excluding hydrogens is 442 g/mol. The molecule has 0 bridgehead atoms. The van der Waals surface area contributed by atoms with Crippen molar-refractivity contribution >= 4 is 11.7 Å². The van der Waals surface area contributed by atoms with Crippen LogP contribution in [0.1, 0.15) is 30.9 Å². The van der Waals surface area contributed by atoms with E-state index in [9.17, 15) is 13.6 Å². The first-order valence-corrected chi connectivity index (χ1v) is 11.2. The van der Waals surface area contributed by atoms with Crippen LogP contribution in [0.5, 0.6) is 11.5 Å². The first-order chi connectivity index (χ1) is 16.3. The number of aliphatic carboxylic acids is 1. The Kier molecular flexibility index (Phi) is 7.17. The SMILES string of the molecule is CC12CCN(CCC(=O)O)CC1=CC=C(c1ccc(OCc3cccc(OC(F)F)c3)cc1)N2. The lowest BCUT2D eigenvalue weighted by Crippen LogP contribution is -2.53. The molecule has 1 atom stereocenters. The number of hydrogen-bond acceptors (Lipinski definition) is 5. The predicted molar refractivity (Wildman–Crippen MR) is 125 cm³/mol. The van der Waals surface area contributed by atoms with Crippen LogP contribution in [0.3, 0.4) is 0 Å². The van der Waals surface area contributed by atoms with E-state index in [-0.39, 0.29) is 24.3 Å². The molecule has 1 fully saturated rings. The zero-order valence-electron chi connectivity index (χ0n) is 19.0. The number of nitrogens with one attached hydrogen (secondary N) is 1. The van der Waals surface area contributed by atoms with Gasteiger partial charge in [-0.05, 0) is 72.5 Å². The summed E-state index contributed by atoms with van der Waals surface area (Å²) >= 11 is 0. The van der Waals surface area contributed by atoms with Crippen molar-refractivity contribution in [1.29, 1.82) is 0 Å². The lowest BCUT2D eigenvalue weighted by molar-refractivity contribution is -0.137. The Morgan fingerprint density at radius 3 is 2.71 bits per heavy atom. The highest BCUT2D eigenvalue weighted by atomic mass is 19.3. The topological polar surface area (TPSA) is 71.0 Å². The number of allylic oxidation sites excluding steroid dienone is 2. The minimum absolute atomic E-state index is 0.107. The zero-order valence-corrected chi connectivity index (χ0v) is 19.0. The number of benzene rings is 2. The van der Waals surface area contributed by atoms with Gasteiger partial charge >= 0.3 is 12.6 Å². The van der Waals surface area contributed by atoms with Gasteiger partial charge in [-0.3, -0.25) is 9.69 Å². The van der Waals surface area contributed by atoms with E-state index in [0.29, 0.717) is 12.3 Å². The Bertz CT molecular complexity index is 1080. The molecule has 2 N–H and O–H groups in total. The standard InChI is InChI=1S/C26H28F2N2O4/c1-26-12-14-30(13-11-24(31)32)16-20(26)7-10-23(29-26)19-5-8-21(9-6-19)33-17-18-3-2-4-22(15-18)34-25(27)28/h2-10,15,25,29H,11-14,16-17H2,1H3,(H,31,32). The van der Waals surface area contributed by atoms with Crippen molar-refractivity contribution in [1.82, 2.24) is 10.2 Å². The van der Waals surface area contributed by atoms with Crippen molar-refractivity contribution in [3.8, 4) is 11.5 Å². The summed E-state index contributed by atoms with van der Waals surface area (Å²) in [6, 6.07) is 14.2. The van der Waals surface area contributed by atoms with Gasteiger partial charge in [0.1, 0.15) is 18.1 Å². The smallest absolute Gasteiger partial charge is 0.387 e. The number of halogens is 2. The van der Waals surface area contributed by atoms with E-state index in [1.165, 1.54) is 17.7 Å². The van der Waals surface area contributed by atoms with E-state index in [4.69, 9.17) is 9.84 Å². The molecule has 6 nitrogen and oxygen atoms in total. The Morgan fingerprint density at radius 2 is 1.97 bits per heavy atom. The second kappa shape index (κ2) is 10.3. The van der Waals surface area contributed by atoms with Gasteiger partial charge in [-0.2, -0.15) is 8.78 Å². The molecule has 2 aromatic rings. The molecule has 0 radical (unpaired) electrons. The van der Waals surface area contributed by atoms with Crippen LogP contribution in [0.4, 0.5) is 8.78 Å². The van der Waals surface area contributed by atoms with Crippen molar-refractivity contribution in [2.45, 2.75) is 38.5 Å². The Hall–Kier alpha value is -3.39. The van der Waals surface area contributed by atoms with Crippen molar-refractivity contribution in [2.75, 3.05) is 19.6 Å². The van der Waals surface area contributed by atoms with Gasteiger partial charge in [0.2, 0.25) is 0 Å². The van der Waals surface area contributed by atoms with Crippen molar-refractivity contribution in [3.63, 3.8) is 0 Å². The second-order valence-electron chi connectivity index (χ2n) is 8.74. The number of likely N-dealkylation sites (tertiary alicyclic amines) is 1. The summed E-state index contributed by atoms with van der Waals surface area (Å²) in [5.74, 6) is 0.0119. The van der Waals surface area contributed by atoms with Crippen molar-refractivity contribution < 1.29 is 28.2 Å². The summed E-state index contributed by atoms with van der Waals surface area (Å²) < 4.78 is 35.0. The van der Waals surface area contributed by atoms with Crippen LogP contribution in [0.15, 0.2) is 66.3 Å². The average Bonchev–Trinajstić information content (AvgIpc) is 2.81. The van der Waals surface area contributed by atoms with Gasteiger partial charge in [-0.1, -0.05) is 18.2 Å². The molecule has 34 heavy (non-hydrogen) atoms. The van der Waals surface area contributed by atoms with E-state index in [1.807, 2.05) is 24.3 Å². The average molecular weight is 471 g/mol. The number of nitrogens with zero attached hydrogens (tertiary/aromatic N) is 1. The fraction of sp³-hybridized carbons (Fsp3) is 0.346. The minimum Gasteiger partial charge on any atom is -0.489 e. The van der Waals surface area contributed by atoms with Gasteiger partial charge in [-0.15, -0.1) is 0 Å². The Labute approximate surface area is 197 Å². The van der Waals surface area contributed by atoms with E-state index in [0.717, 1.165) is 36.3 Å². The number of carbonyl (C=O) groups is 1. The molecule has 2 aliphatic rings. The summed E-state index contributed by atoms with van der Waals surface area (Å²) in [5.41, 5.74) is 3.88. The normalized spacial score (nSPS) is 20.1. The molecule has 2 aromatic carbocycles. The first kappa shape index (κ1) is 23.8. The second-order valence-corrected chi connectivity index (χ2v) is 8.74. The van der Waals surface area contributed by atoms with Crippen LogP contribution in [-0.2, 0) is 11.4 Å². The van der Waals surface area contributed by atoms with Crippen LogP contribution in [0, 0.1) is 0 Å². The number of fused-ring (bicyclic) bond motifs is 1. The van der Waals surface area contributed by atoms with Gasteiger partial charge in [0.15, 0.2) is 0 Å². The summed E-state index contributed by atoms with van der Waals surface area (Å²) in [4.78, 5) is 13.1. The third kappa shape index (κ3) is 5.94. The summed E-state index contributed by atoms with van der Waals surface area (Å²) in [7, 11) is 0. The number of carboxylic acids is 1. The van der Waals surface area contributed by atoms with E-state index in [2.05, 4.69) is 34.0 Å². The van der Waals surface area contributed by atoms with Gasteiger partial charge in [0.05, 0.1) is 12.0 Å².